The largest absolute Gasteiger partial charge is 0.303 e. The minimum absolute atomic E-state index is 0.0628. The summed E-state index contributed by atoms with van der Waals surface area (Å²) in [4.78, 5) is 10.5. The van der Waals surface area contributed by atoms with Crippen molar-refractivity contribution in [2.45, 2.75) is 39.5 Å². The topological polar surface area (TPSA) is 17.1 Å². The predicted molar refractivity (Wildman–Crippen MR) is 63.3 cm³/mol. The van der Waals surface area contributed by atoms with Crippen LogP contribution in [0.5, 0.6) is 0 Å². The van der Waals surface area contributed by atoms with Gasteiger partial charge in [-0.25, -0.2) is 0 Å². The molecule has 0 aromatic heterocycles. The monoisotopic (exact) mass is 202 g/mol. The van der Waals surface area contributed by atoms with E-state index in [2.05, 4.69) is 31.9 Å². The SMILES string of the molecule is C#CCCC1(CCC=O)C(C)=CC=C1C. The third kappa shape index (κ3) is 2.21. The molecule has 0 unspecified atom stereocenters. The van der Waals surface area contributed by atoms with Crippen LogP contribution in [0.25, 0.3) is 0 Å². The molecule has 0 spiro atoms. The number of aldehydes is 1. The van der Waals surface area contributed by atoms with Crippen LogP contribution in [-0.4, -0.2) is 6.29 Å². The Labute approximate surface area is 92.3 Å². The highest BCUT2D eigenvalue weighted by Gasteiger charge is 2.34. The summed E-state index contributed by atoms with van der Waals surface area (Å²) in [7, 11) is 0. The van der Waals surface area contributed by atoms with E-state index in [1.54, 1.807) is 0 Å². The Kier molecular flexibility index (Phi) is 3.91. The number of hydrogen-bond donors (Lipinski definition) is 0. The molecule has 0 aromatic rings. The molecule has 1 aliphatic rings. The first-order chi connectivity index (χ1) is 7.17. The van der Waals surface area contributed by atoms with Crippen molar-refractivity contribution >= 4 is 6.29 Å². The van der Waals surface area contributed by atoms with E-state index in [4.69, 9.17) is 6.42 Å². The molecule has 0 bridgehead atoms. The Morgan fingerprint density at radius 3 is 2.40 bits per heavy atom. The van der Waals surface area contributed by atoms with E-state index in [-0.39, 0.29) is 5.41 Å². The lowest BCUT2D eigenvalue weighted by atomic mass is 9.71. The molecule has 0 heterocycles. The zero-order valence-electron chi connectivity index (χ0n) is 9.55. The highest BCUT2D eigenvalue weighted by Crippen LogP contribution is 2.47. The van der Waals surface area contributed by atoms with E-state index in [1.807, 2.05) is 0 Å². The quantitative estimate of drug-likeness (QED) is 0.494. The standard InChI is InChI=1S/C14H18O/c1-4-5-9-14(10-6-11-15)12(2)7-8-13(14)3/h1,7-8,11H,5-6,9-10H2,2-3H3. The van der Waals surface area contributed by atoms with Crippen LogP contribution in [0.2, 0.25) is 0 Å². The second kappa shape index (κ2) is 4.98. The van der Waals surface area contributed by atoms with Crippen LogP contribution < -0.4 is 0 Å². The number of terminal acetylenes is 1. The van der Waals surface area contributed by atoms with Crippen molar-refractivity contribution in [3.8, 4) is 12.3 Å². The molecule has 0 N–H and O–H groups in total. The molecule has 0 amide bonds. The Hall–Kier alpha value is -1.29. The minimum Gasteiger partial charge on any atom is -0.303 e. The zero-order valence-corrected chi connectivity index (χ0v) is 9.55. The van der Waals surface area contributed by atoms with E-state index in [9.17, 15) is 4.79 Å². The van der Waals surface area contributed by atoms with Crippen molar-refractivity contribution in [2.24, 2.45) is 5.41 Å². The number of allylic oxidation sites excluding steroid dienone is 4. The molecule has 1 aliphatic carbocycles. The number of carbonyl (C=O) groups excluding carboxylic acids is 1. The number of carbonyl (C=O) groups is 1. The first kappa shape index (κ1) is 11.8. The Bertz CT molecular complexity index is 321. The molecule has 0 aliphatic heterocycles. The number of hydrogen-bond acceptors (Lipinski definition) is 1. The van der Waals surface area contributed by atoms with Crippen molar-refractivity contribution in [1.82, 2.24) is 0 Å². The van der Waals surface area contributed by atoms with Crippen LogP contribution in [0.15, 0.2) is 23.3 Å². The predicted octanol–water partition coefficient (Wildman–Crippen LogP) is 3.27. The third-order valence-electron chi connectivity index (χ3n) is 3.48. The second-order valence-electron chi connectivity index (χ2n) is 4.19. The lowest BCUT2D eigenvalue weighted by molar-refractivity contribution is -0.108. The second-order valence-corrected chi connectivity index (χ2v) is 4.19. The minimum atomic E-state index is 0.0628. The van der Waals surface area contributed by atoms with Crippen LogP contribution in [0.4, 0.5) is 0 Å². The maximum absolute atomic E-state index is 10.5. The van der Waals surface area contributed by atoms with Gasteiger partial charge in [-0.2, -0.15) is 0 Å². The summed E-state index contributed by atoms with van der Waals surface area (Å²) in [6.45, 7) is 4.27. The Morgan fingerprint density at radius 1 is 1.33 bits per heavy atom. The first-order valence-electron chi connectivity index (χ1n) is 5.40. The molecular weight excluding hydrogens is 184 g/mol. The summed E-state index contributed by atoms with van der Waals surface area (Å²) in [6, 6.07) is 0. The van der Waals surface area contributed by atoms with Crippen molar-refractivity contribution in [1.29, 1.82) is 0 Å². The molecule has 1 rings (SSSR count). The third-order valence-corrected chi connectivity index (χ3v) is 3.48. The lowest BCUT2D eigenvalue weighted by Gasteiger charge is -2.32. The van der Waals surface area contributed by atoms with E-state index in [1.165, 1.54) is 11.1 Å². The zero-order chi connectivity index (χ0) is 11.3. The van der Waals surface area contributed by atoms with E-state index < -0.39 is 0 Å². The van der Waals surface area contributed by atoms with Gasteiger partial charge in [-0.15, -0.1) is 12.3 Å². The summed E-state index contributed by atoms with van der Waals surface area (Å²) in [5.41, 5.74) is 2.75. The van der Waals surface area contributed by atoms with E-state index in [0.29, 0.717) is 6.42 Å². The molecule has 15 heavy (non-hydrogen) atoms. The van der Waals surface area contributed by atoms with Crippen LogP contribution in [0, 0.1) is 17.8 Å². The van der Waals surface area contributed by atoms with Crippen LogP contribution >= 0.6 is 0 Å². The Balaban J connectivity index is 2.86. The fraction of sp³-hybridized carbons (Fsp3) is 0.500. The van der Waals surface area contributed by atoms with Gasteiger partial charge in [0, 0.05) is 18.3 Å². The summed E-state index contributed by atoms with van der Waals surface area (Å²) in [5, 5.41) is 0. The van der Waals surface area contributed by atoms with E-state index >= 15 is 0 Å². The van der Waals surface area contributed by atoms with Gasteiger partial charge < -0.3 is 4.79 Å². The van der Waals surface area contributed by atoms with Gasteiger partial charge in [-0.05, 0) is 26.7 Å². The average Bonchev–Trinajstić information content (AvgIpc) is 2.51. The van der Waals surface area contributed by atoms with Crippen molar-refractivity contribution in [2.75, 3.05) is 0 Å². The molecule has 0 saturated heterocycles. The molecule has 0 radical (unpaired) electrons. The molecular formula is C14H18O. The Morgan fingerprint density at radius 2 is 1.93 bits per heavy atom. The summed E-state index contributed by atoms with van der Waals surface area (Å²) in [5.74, 6) is 2.69. The van der Waals surface area contributed by atoms with Gasteiger partial charge >= 0.3 is 0 Å². The molecule has 0 atom stereocenters. The maximum Gasteiger partial charge on any atom is 0.120 e. The average molecular weight is 202 g/mol. The van der Waals surface area contributed by atoms with Gasteiger partial charge in [0.2, 0.25) is 0 Å². The van der Waals surface area contributed by atoms with Crippen molar-refractivity contribution in [3.63, 3.8) is 0 Å². The molecule has 1 heteroatoms. The van der Waals surface area contributed by atoms with Gasteiger partial charge in [0.1, 0.15) is 6.29 Å². The first-order valence-corrected chi connectivity index (χ1v) is 5.40. The summed E-state index contributed by atoms with van der Waals surface area (Å²) in [6.07, 6.45) is 13.9. The van der Waals surface area contributed by atoms with Gasteiger partial charge in [0.15, 0.2) is 0 Å². The van der Waals surface area contributed by atoms with Crippen molar-refractivity contribution in [3.05, 3.63) is 23.3 Å². The molecule has 1 nitrogen and oxygen atoms in total. The van der Waals surface area contributed by atoms with Crippen molar-refractivity contribution < 1.29 is 4.79 Å². The van der Waals surface area contributed by atoms with Gasteiger partial charge in [-0.1, -0.05) is 23.3 Å². The smallest absolute Gasteiger partial charge is 0.120 e. The van der Waals surface area contributed by atoms with E-state index in [0.717, 1.165) is 25.5 Å². The highest BCUT2D eigenvalue weighted by molar-refractivity contribution is 5.51. The maximum atomic E-state index is 10.5. The lowest BCUT2D eigenvalue weighted by Crippen LogP contribution is -2.21. The molecule has 0 fully saturated rings. The molecule has 0 aromatic carbocycles. The van der Waals surface area contributed by atoms with Gasteiger partial charge in [-0.3, -0.25) is 0 Å². The summed E-state index contributed by atoms with van der Waals surface area (Å²) < 4.78 is 0. The highest BCUT2D eigenvalue weighted by atomic mass is 16.1. The molecule has 80 valence electrons. The fourth-order valence-electron chi connectivity index (χ4n) is 2.38. The fourth-order valence-corrected chi connectivity index (χ4v) is 2.38. The van der Waals surface area contributed by atoms with Crippen LogP contribution in [0.1, 0.15) is 39.5 Å². The summed E-state index contributed by atoms with van der Waals surface area (Å²) >= 11 is 0. The molecule has 0 saturated carbocycles. The normalized spacial score (nSPS) is 17.9. The van der Waals surface area contributed by atoms with Crippen LogP contribution in [0.3, 0.4) is 0 Å². The van der Waals surface area contributed by atoms with Gasteiger partial charge in [0.05, 0.1) is 0 Å². The van der Waals surface area contributed by atoms with Crippen LogP contribution in [-0.2, 0) is 4.79 Å². The van der Waals surface area contributed by atoms with Gasteiger partial charge in [0.25, 0.3) is 0 Å². The number of rotatable bonds is 5.